The minimum Gasteiger partial charge on any atom is -0.376 e. The molecule has 1 amide bonds. The molecule has 0 saturated heterocycles. The van der Waals surface area contributed by atoms with Gasteiger partial charge in [0, 0.05) is 11.4 Å². The van der Waals surface area contributed by atoms with Crippen LogP contribution in [-0.2, 0) is 11.2 Å². The lowest BCUT2D eigenvalue weighted by molar-refractivity contribution is -0.114. The molecule has 2 rings (SSSR count). The molecule has 0 bridgehead atoms. The van der Waals surface area contributed by atoms with Gasteiger partial charge in [0.05, 0.1) is 6.54 Å². The summed E-state index contributed by atoms with van der Waals surface area (Å²) in [6.45, 7) is 6.68. The van der Waals surface area contributed by atoms with Gasteiger partial charge in [0.15, 0.2) is 0 Å². The molecule has 2 aromatic carbocycles. The van der Waals surface area contributed by atoms with E-state index in [1.54, 1.807) is 0 Å². The summed E-state index contributed by atoms with van der Waals surface area (Å²) in [4.78, 5) is 12.1. The molecule has 2 aromatic rings. The van der Waals surface area contributed by atoms with Crippen LogP contribution in [0.15, 0.2) is 48.5 Å². The van der Waals surface area contributed by atoms with E-state index in [9.17, 15) is 4.79 Å². The number of hydrogen-bond donors (Lipinski definition) is 2. The van der Waals surface area contributed by atoms with Crippen LogP contribution in [0.1, 0.15) is 37.8 Å². The first-order chi connectivity index (χ1) is 10.6. The average Bonchev–Trinajstić information content (AvgIpc) is 2.54. The quantitative estimate of drug-likeness (QED) is 0.828. The Labute approximate surface area is 132 Å². The number of benzene rings is 2. The maximum absolute atomic E-state index is 12.1. The lowest BCUT2D eigenvalue weighted by Crippen LogP contribution is -2.22. The van der Waals surface area contributed by atoms with Crippen molar-refractivity contribution in [1.82, 2.24) is 0 Å². The number of hydrogen-bond acceptors (Lipinski definition) is 2. The lowest BCUT2D eigenvalue weighted by Gasteiger charge is -2.11. The number of carbonyl (C=O) groups excluding carboxylic acids is 1. The van der Waals surface area contributed by atoms with Crippen molar-refractivity contribution in [1.29, 1.82) is 0 Å². The number of carbonyl (C=O) groups is 1. The van der Waals surface area contributed by atoms with Crippen molar-refractivity contribution >= 4 is 17.3 Å². The van der Waals surface area contributed by atoms with Crippen LogP contribution in [0.4, 0.5) is 11.4 Å². The Morgan fingerprint density at radius 3 is 2.36 bits per heavy atom. The molecule has 0 fully saturated rings. The molecular formula is C19H24N2O. The molecule has 116 valence electrons. The number of nitrogens with one attached hydrogen (secondary N) is 2. The summed E-state index contributed by atoms with van der Waals surface area (Å²) >= 11 is 0. The summed E-state index contributed by atoms with van der Waals surface area (Å²) in [6.07, 6.45) is 0.903. The predicted octanol–water partition coefficient (Wildman–Crippen LogP) is 4.42. The van der Waals surface area contributed by atoms with E-state index in [1.165, 1.54) is 5.56 Å². The second kappa shape index (κ2) is 7.64. The monoisotopic (exact) mass is 296 g/mol. The first-order valence-electron chi connectivity index (χ1n) is 7.81. The third-order valence-corrected chi connectivity index (χ3v) is 3.70. The van der Waals surface area contributed by atoms with Gasteiger partial charge in [-0.2, -0.15) is 0 Å². The Balaban J connectivity index is 1.90. The third-order valence-electron chi connectivity index (χ3n) is 3.70. The van der Waals surface area contributed by atoms with Crippen molar-refractivity contribution in [3.8, 4) is 0 Å². The molecule has 0 aliphatic carbocycles. The Bertz CT molecular complexity index is 618. The maximum atomic E-state index is 12.1. The van der Waals surface area contributed by atoms with Crippen LogP contribution < -0.4 is 10.6 Å². The SMILES string of the molecule is CCc1ccccc1NC(=O)CNc1ccc(C(C)C)cc1. The molecule has 0 aliphatic heterocycles. The van der Waals surface area contributed by atoms with Crippen molar-refractivity contribution in [2.24, 2.45) is 0 Å². The van der Waals surface area contributed by atoms with Crippen LogP contribution in [0.2, 0.25) is 0 Å². The van der Waals surface area contributed by atoms with E-state index in [4.69, 9.17) is 0 Å². The molecule has 0 aliphatic rings. The highest BCUT2D eigenvalue weighted by Gasteiger charge is 2.05. The largest absolute Gasteiger partial charge is 0.376 e. The standard InChI is InChI=1S/C19H24N2O/c1-4-15-7-5-6-8-18(15)21-19(22)13-20-17-11-9-16(10-12-17)14(2)3/h5-12,14,20H,4,13H2,1-3H3,(H,21,22). The van der Waals surface area contributed by atoms with Crippen LogP contribution in [0.25, 0.3) is 0 Å². The fraction of sp³-hybridized carbons (Fsp3) is 0.316. The van der Waals surface area contributed by atoms with E-state index >= 15 is 0 Å². The summed E-state index contributed by atoms with van der Waals surface area (Å²) in [5, 5.41) is 6.12. The fourth-order valence-corrected chi connectivity index (χ4v) is 2.31. The van der Waals surface area contributed by atoms with E-state index in [0.717, 1.165) is 23.4 Å². The number of aryl methyl sites for hydroxylation is 1. The normalized spacial score (nSPS) is 10.5. The van der Waals surface area contributed by atoms with Gasteiger partial charge in [0.25, 0.3) is 0 Å². The summed E-state index contributed by atoms with van der Waals surface area (Å²) < 4.78 is 0. The molecule has 3 nitrogen and oxygen atoms in total. The molecule has 0 unspecified atom stereocenters. The maximum Gasteiger partial charge on any atom is 0.243 e. The van der Waals surface area contributed by atoms with Crippen molar-refractivity contribution in [3.05, 3.63) is 59.7 Å². The molecule has 22 heavy (non-hydrogen) atoms. The second-order valence-electron chi connectivity index (χ2n) is 5.69. The number of para-hydroxylation sites is 1. The molecule has 0 radical (unpaired) electrons. The zero-order valence-corrected chi connectivity index (χ0v) is 13.5. The van der Waals surface area contributed by atoms with Crippen LogP contribution in [0.5, 0.6) is 0 Å². The van der Waals surface area contributed by atoms with Gasteiger partial charge in [-0.05, 0) is 41.7 Å². The number of amides is 1. The molecule has 0 aromatic heterocycles. The van der Waals surface area contributed by atoms with Crippen LogP contribution >= 0.6 is 0 Å². The predicted molar refractivity (Wildman–Crippen MR) is 93.5 cm³/mol. The minimum absolute atomic E-state index is 0.0335. The highest BCUT2D eigenvalue weighted by molar-refractivity contribution is 5.94. The summed E-state index contributed by atoms with van der Waals surface area (Å²) in [7, 11) is 0. The third kappa shape index (κ3) is 4.35. The molecule has 0 spiro atoms. The van der Waals surface area contributed by atoms with Gasteiger partial charge in [0.2, 0.25) is 5.91 Å². The van der Waals surface area contributed by atoms with Crippen molar-refractivity contribution in [3.63, 3.8) is 0 Å². The number of rotatable bonds is 6. The Hall–Kier alpha value is -2.29. The first kappa shape index (κ1) is 16.1. The smallest absolute Gasteiger partial charge is 0.243 e. The van der Waals surface area contributed by atoms with Crippen molar-refractivity contribution < 1.29 is 4.79 Å². The fourth-order valence-electron chi connectivity index (χ4n) is 2.31. The van der Waals surface area contributed by atoms with Crippen molar-refractivity contribution in [2.75, 3.05) is 17.2 Å². The minimum atomic E-state index is -0.0335. The molecule has 0 atom stereocenters. The van der Waals surface area contributed by atoms with E-state index < -0.39 is 0 Å². The molecule has 0 heterocycles. The van der Waals surface area contributed by atoms with E-state index in [1.807, 2.05) is 36.4 Å². The zero-order chi connectivity index (χ0) is 15.9. The molecule has 2 N–H and O–H groups in total. The second-order valence-corrected chi connectivity index (χ2v) is 5.69. The summed E-state index contributed by atoms with van der Waals surface area (Å²) in [5.41, 5.74) is 4.30. The van der Waals surface area contributed by atoms with Gasteiger partial charge in [-0.15, -0.1) is 0 Å². The Morgan fingerprint density at radius 2 is 1.73 bits per heavy atom. The van der Waals surface area contributed by atoms with E-state index in [2.05, 4.69) is 43.5 Å². The highest BCUT2D eigenvalue weighted by atomic mass is 16.1. The number of anilines is 2. The lowest BCUT2D eigenvalue weighted by atomic mass is 10.0. The first-order valence-corrected chi connectivity index (χ1v) is 7.81. The molecule has 3 heteroatoms. The van der Waals surface area contributed by atoms with Crippen LogP contribution in [0.3, 0.4) is 0 Å². The Morgan fingerprint density at radius 1 is 1.05 bits per heavy atom. The van der Waals surface area contributed by atoms with E-state index in [-0.39, 0.29) is 12.5 Å². The highest BCUT2D eigenvalue weighted by Crippen LogP contribution is 2.17. The van der Waals surface area contributed by atoms with Crippen molar-refractivity contribution in [2.45, 2.75) is 33.1 Å². The van der Waals surface area contributed by atoms with Gasteiger partial charge in [0.1, 0.15) is 0 Å². The van der Waals surface area contributed by atoms with Gasteiger partial charge >= 0.3 is 0 Å². The zero-order valence-electron chi connectivity index (χ0n) is 13.5. The van der Waals surface area contributed by atoms with Gasteiger partial charge in [-0.25, -0.2) is 0 Å². The van der Waals surface area contributed by atoms with Gasteiger partial charge in [-0.1, -0.05) is 51.1 Å². The van der Waals surface area contributed by atoms with Gasteiger partial charge in [-0.3, -0.25) is 4.79 Å². The van der Waals surface area contributed by atoms with Gasteiger partial charge < -0.3 is 10.6 Å². The summed E-state index contributed by atoms with van der Waals surface area (Å²) in [6, 6.07) is 16.1. The van der Waals surface area contributed by atoms with E-state index in [0.29, 0.717) is 5.92 Å². The summed E-state index contributed by atoms with van der Waals surface area (Å²) in [5.74, 6) is 0.483. The molecule has 0 saturated carbocycles. The topological polar surface area (TPSA) is 41.1 Å². The van der Waals surface area contributed by atoms with Crippen LogP contribution in [0, 0.1) is 0 Å². The average molecular weight is 296 g/mol. The Kier molecular flexibility index (Phi) is 5.59. The molecular weight excluding hydrogens is 272 g/mol. The van der Waals surface area contributed by atoms with Crippen LogP contribution in [-0.4, -0.2) is 12.5 Å².